The molecule has 2 aromatic rings. The quantitative estimate of drug-likeness (QED) is 0.356. The highest BCUT2D eigenvalue weighted by Gasteiger charge is 2.15. The lowest BCUT2D eigenvalue weighted by Crippen LogP contribution is -2.35. The van der Waals surface area contributed by atoms with Gasteiger partial charge in [0.2, 0.25) is 5.91 Å². The van der Waals surface area contributed by atoms with Crippen molar-refractivity contribution in [1.82, 2.24) is 10.0 Å². The Kier molecular flexibility index (Phi) is 7.94. The number of methoxy groups -OCH3 is 2. The predicted molar refractivity (Wildman–Crippen MR) is 119 cm³/mol. The van der Waals surface area contributed by atoms with Gasteiger partial charge in [-0.15, -0.1) is 0 Å². The van der Waals surface area contributed by atoms with Gasteiger partial charge in [0, 0.05) is 11.8 Å². The lowest BCUT2D eigenvalue weighted by molar-refractivity contribution is -0.115. The number of nitrogens with two attached hydrogens (primary N) is 1. The number of benzene rings is 2. The van der Waals surface area contributed by atoms with Crippen molar-refractivity contribution in [2.24, 2.45) is 5.73 Å². The smallest absolute Gasteiger partial charge is 0.326 e. The number of rotatable bonds is 7. The third kappa shape index (κ3) is 6.97. The zero-order chi connectivity index (χ0) is 23.0. The fourth-order valence-corrected chi connectivity index (χ4v) is 3.45. The van der Waals surface area contributed by atoms with Crippen molar-refractivity contribution in [1.29, 1.82) is 0 Å². The number of anilines is 1. The Morgan fingerprint density at radius 2 is 1.68 bits per heavy atom. The minimum absolute atomic E-state index is 0.00725. The van der Waals surface area contributed by atoms with Crippen molar-refractivity contribution in [3.8, 4) is 11.5 Å². The van der Waals surface area contributed by atoms with Crippen molar-refractivity contribution < 1.29 is 27.5 Å². The predicted octanol–water partition coefficient (Wildman–Crippen LogP) is 1.59. The molecular formula is C19H20N4O6S2. The molecular weight excluding hydrogens is 444 g/mol. The van der Waals surface area contributed by atoms with Gasteiger partial charge in [0.15, 0.2) is 16.6 Å². The molecule has 0 aliphatic carbocycles. The van der Waals surface area contributed by atoms with E-state index in [0.717, 1.165) is 0 Å². The number of amides is 3. The van der Waals surface area contributed by atoms with Crippen LogP contribution in [0, 0.1) is 0 Å². The maximum atomic E-state index is 12.1. The van der Waals surface area contributed by atoms with Gasteiger partial charge in [-0.3, -0.25) is 10.1 Å². The van der Waals surface area contributed by atoms with E-state index < -0.39 is 22.0 Å². The van der Waals surface area contributed by atoms with Gasteiger partial charge in [-0.1, -0.05) is 6.07 Å². The summed E-state index contributed by atoms with van der Waals surface area (Å²) in [5.74, 6) is 0.620. The van der Waals surface area contributed by atoms with Gasteiger partial charge in [0.05, 0.1) is 19.1 Å². The molecule has 2 aromatic carbocycles. The van der Waals surface area contributed by atoms with Crippen molar-refractivity contribution in [3.05, 3.63) is 54.1 Å². The van der Waals surface area contributed by atoms with Crippen LogP contribution in [0.2, 0.25) is 0 Å². The molecule has 5 N–H and O–H groups in total. The molecule has 3 amide bonds. The number of ether oxygens (including phenoxy) is 2. The topological polar surface area (TPSA) is 149 Å². The first-order valence-corrected chi connectivity index (χ1v) is 10.5. The SMILES string of the molecule is COc1ccc(C=CC(=O)NC(=S)Nc2ccc(S(=O)(=O)NC(N)=O)cc2)cc1OC. The molecule has 0 unspecified atom stereocenters. The molecule has 2 rings (SSSR count). The Balaban J connectivity index is 1.96. The van der Waals surface area contributed by atoms with Crippen LogP contribution in [0.1, 0.15) is 5.56 Å². The molecule has 0 fully saturated rings. The molecule has 0 bridgehead atoms. The van der Waals surface area contributed by atoms with Gasteiger partial charge >= 0.3 is 6.03 Å². The van der Waals surface area contributed by atoms with Gasteiger partial charge in [0.1, 0.15) is 0 Å². The number of urea groups is 1. The number of hydrogen-bond acceptors (Lipinski definition) is 7. The normalized spacial score (nSPS) is 10.9. The van der Waals surface area contributed by atoms with E-state index in [0.29, 0.717) is 22.7 Å². The van der Waals surface area contributed by atoms with Crippen molar-refractivity contribution in [3.63, 3.8) is 0 Å². The minimum Gasteiger partial charge on any atom is -0.493 e. The van der Waals surface area contributed by atoms with E-state index in [9.17, 15) is 18.0 Å². The minimum atomic E-state index is -4.05. The fourth-order valence-electron chi connectivity index (χ4n) is 2.35. The van der Waals surface area contributed by atoms with E-state index in [2.05, 4.69) is 10.6 Å². The van der Waals surface area contributed by atoms with Crippen LogP contribution in [0.4, 0.5) is 10.5 Å². The van der Waals surface area contributed by atoms with Crippen molar-refractivity contribution >= 4 is 51.1 Å². The number of carbonyl (C=O) groups is 2. The van der Waals surface area contributed by atoms with Crippen LogP contribution in [0.5, 0.6) is 11.5 Å². The van der Waals surface area contributed by atoms with Crippen LogP contribution in [0.15, 0.2) is 53.4 Å². The number of thiocarbonyl (C=S) groups is 1. The molecule has 0 aliphatic heterocycles. The van der Waals surface area contributed by atoms with Gasteiger partial charge in [0.25, 0.3) is 10.0 Å². The van der Waals surface area contributed by atoms with E-state index in [-0.39, 0.29) is 10.0 Å². The monoisotopic (exact) mass is 464 g/mol. The van der Waals surface area contributed by atoms with E-state index in [4.69, 9.17) is 27.4 Å². The van der Waals surface area contributed by atoms with Crippen molar-refractivity contribution in [2.75, 3.05) is 19.5 Å². The summed E-state index contributed by atoms with van der Waals surface area (Å²) in [7, 11) is -1.01. The maximum Gasteiger partial charge on any atom is 0.326 e. The Bertz CT molecular complexity index is 1110. The lowest BCUT2D eigenvalue weighted by atomic mass is 10.2. The second kappa shape index (κ2) is 10.4. The molecule has 0 aromatic heterocycles. The number of primary amides is 1. The van der Waals surface area contributed by atoms with E-state index in [1.54, 1.807) is 29.0 Å². The van der Waals surface area contributed by atoms with Crippen LogP contribution in [-0.4, -0.2) is 39.7 Å². The first kappa shape index (κ1) is 23.6. The number of hydrogen-bond donors (Lipinski definition) is 4. The molecule has 164 valence electrons. The van der Waals surface area contributed by atoms with E-state index >= 15 is 0 Å². The molecule has 12 heteroatoms. The van der Waals surface area contributed by atoms with Gasteiger partial charge in [-0.2, -0.15) is 0 Å². The summed E-state index contributed by atoms with van der Waals surface area (Å²) in [5, 5.41) is 5.22. The molecule has 0 saturated carbocycles. The van der Waals surface area contributed by atoms with Crippen LogP contribution in [-0.2, 0) is 14.8 Å². The highest BCUT2D eigenvalue weighted by Crippen LogP contribution is 2.27. The molecule has 0 spiro atoms. The Labute approximate surface area is 184 Å². The Morgan fingerprint density at radius 1 is 1.03 bits per heavy atom. The third-order valence-corrected chi connectivity index (χ3v) is 5.30. The van der Waals surface area contributed by atoms with E-state index in [1.165, 1.54) is 44.6 Å². The zero-order valence-corrected chi connectivity index (χ0v) is 18.2. The maximum absolute atomic E-state index is 12.1. The molecule has 10 nitrogen and oxygen atoms in total. The highest BCUT2D eigenvalue weighted by atomic mass is 32.2. The zero-order valence-electron chi connectivity index (χ0n) is 16.5. The van der Waals surface area contributed by atoms with Gasteiger partial charge in [-0.05, 0) is 60.3 Å². The van der Waals surface area contributed by atoms with Crippen LogP contribution in [0.25, 0.3) is 6.08 Å². The summed E-state index contributed by atoms with van der Waals surface area (Å²) < 4.78 is 35.7. The second-order valence-electron chi connectivity index (χ2n) is 5.89. The molecule has 0 radical (unpaired) electrons. The standard InChI is InChI=1S/C19H20N4O6S2/c1-28-15-9-3-12(11-16(15)29-2)4-10-17(24)22-19(30)21-13-5-7-14(8-6-13)31(26,27)23-18(20)25/h3-11H,1-2H3,(H3,20,23,25)(H2,21,22,24,30). The Hall–Kier alpha value is -3.64. The van der Waals surface area contributed by atoms with Crippen LogP contribution < -0.4 is 30.6 Å². The average molecular weight is 465 g/mol. The van der Waals surface area contributed by atoms with E-state index in [1.807, 2.05) is 0 Å². The second-order valence-corrected chi connectivity index (χ2v) is 7.98. The number of nitrogens with one attached hydrogen (secondary N) is 3. The number of sulfonamides is 1. The lowest BCUT2D eigenvalue weighted by Gasteiger charge is -2.09. The fraction of sp³-hybridized carbons (Fsp3) is 0.105. The summed E-state index contributed by atoms with van der Waals surface area (Å²) in [6, 6.07) is 9.30. The summed E-state index contributed by atoms with van der Waals surface area (Å²) in [5.41, 5.74) is 5.97. The molecule has 0 atom stereocenters. The first-order chi connectivity index (χ1) is 14.6. The largest absolute Gasteiger partial charge is 0.493 e. The molecule has 0 aliphatic rings. The van der Waals surface area contributed by atoms with Crippen LogP contribution in [0.3, 0.4) is 0 Å². The molecule has 0 saturated heterocycles. The van der Waals surface area contributed by atoms with Crippen LogP contribution >= 0.6 is 12.2 Å². The summed E-state index contributed by atoms with van der Waals surface area (Å²) in [6.45, 7) is 0. The Morgan fingerprint density at radius 3 is 2.26 bits per heavy atom. The summed E-state index contributed by atoms with van der Waals surface area (Å²) in [4.78, 5) is 22.7. The molecule has 0 heterocycles. The summed E-state index contributed by atoms with van der Waals surface area (Å²) in [6.07, 6.45) is 2.87. The average Bonchev–Trinajstić information content (AvgIpc) is 2.71. The highest BCUT2D eigenvalue weighted by molar-refractivity contribution is 7.90. The third-order valence-electron chi connectivity index (χ3n) is 3.73. The molecule has 31 heavy (non-hydrogen) atoms. The van der Waals surface area contributed by atoms with Gasteiger partial charge in [-0.25, -0.2) is 17.9 Å². The van der Waals surface area contributed by atoms with Gasteiger partial charge < -0.3 is 20.5 Å². The summed E-state index contributed by atoms with van der Waals surface area (Å²) >= 11 is 5.07. The number of carbonyl (C=O) groups excluding carboxylic acids is 2. The van der Waals surface area contributed by atoms with Crippen molar-refractivity contribution in [2.45, 2.75) is 4.90 Å². The first-order valence-electron chi connectivity index (χ1n) is 8.59.